The average molecular weight is 418 g/mol. The van der Waals surface area contributed by atoms with Gasteiger partial charge in [0.2, 0.25) is 17.7 Å². The van der Waals surface area contributed by atoms with E-state index < -0.39 is 0 Å². The predicted molar refractivity (Wildman–Crippen MR) is 112 cm³/mol. The molecule has 1 unspecified atom stereocenters. The van der Waals surface area contributed by atoms with Crippen molar-refractivity contribution in [2.75, 3.05) is 45.8 Å². The van der Waals surface area contributed by atoms with Gasteiger partial charge < -0.3 is 9.32 Å². The Hall–Kier alpha value is -1.96. The molecule has 156 valence electrons. The number of benzene rings is 1. The minimum absolute atomic E-state index is 0.0374. The lowest BCUT2D eigenvalue weighted by Crippen LogP contribution is -2.51. The zero-order valence-corrected chi connectivity index (χ0v) is 17.6. The van der Waals surface area contributed by atoms with Crippen molar-refractivity contribution in [3.8, 4) is 11.5 Å². The molecule has 4 rings (SSSR count). The summed E-state index contributed by atoms with van der Waals surface area (Å²) in [6.07, 6.45) is 3.52. The van der Waals surface area contributed by atoms with E-state index in [1.165, 1.54) is 6.42 Å². The number of likely N-dealkylation sites (tertiary alicyclic amines) is 1. The molecule has 7 nitrogen and oxygen atoms in total. The van der Waals surface area contributed by atoms with Crippen LogP contribution in [0.3, 0.4) is 0 Å². The van der Waals surface area contributed by atoms with Crippen molar-refractivity contribution in [3.63, 3.8) is 0 Å². The molecule has 1 atom stereocenters. The van der Waals surface area contributed by atoms with E-state index in [0.29, 0.717) is 23.3 Å². The first kappa shape index (κ1) is 20.3. The number of nitrogens with zero attached hydrogens (tertiary/aromatic N) is 5. The standard InChI is InChI=1S/C21H28ClN5O2/c1-16(20-23-24-21(29-20)17-6-5-7-18(22)14-17)26-12-10-25(11-13-26)15-19(28)27-8-3-2-4-9-27/h5-7,14,16H,2-4,8-13,15H2,1H3. The maximum absolute atomic E-state index is 12.5. The van der Waals surface area contributed by atoms with Crippen molar-refractivity contribution in [2.45, 2.75) is 32.2 Å². The van der Waals surface area contributed by atoms with Gasteiger partial charge in [-0.1, -0.05) is 17.7 Å². The summed E-state index contributed by atoms with van der Waals surface area (Å²) in [5.74, 6) is 1.37. The van der Waals surface area contributed by atoms with Crippen LogP contribution in [0.5, 0.6) is 0 Å². The molecule has 0 spiro atoms. The summed E-state index contributed by atoms with van der Waals surface area (Å²) in [5.41, 5.74) is 0.824. The van der Waals surface area contributed by atoms with E-state index in [2.05, 4.69) is 26.9 Å². The van der Waals surface area contributed by atoms with Crippen molar-refractivity contribution in [3.05, 3.63) is 35.2 Å². The third-order valence-electron chi connectivity index (χ3n) is 5.89. The third-order valence-corrected chi connectivity index (χ3v) is 6.13. The molecule has 8 heteroatoms. The van der Waals surface area contributed by atoms with Crippen LogP contribution in [-0.4, -0.2) is 76.6 Å². The number of carbonyl (C=O) groups excluding carboxylic acids is 1. The number of piperidine rings is 1. The van der Waals surface area contributed by atoms with Gasteiger partial charge in [0, 0.05) is 49.9 Å². The number of amides is 1. The molecule has 2 fully saturated rings. The largest absolute Gasteiger partial charge is 0.419 e. The normalized spacial score (nSPS) is 20.0. The van der Waals surface area contributed by atoms with Crippen LogP contribution in [-0.2, 0) is 4.79 Å². The monoisotopic (exact) mass is 417 g/mol. The summed E-state index contributed by atoms with van der Waals surface area (Å²) in [6, 6.07) is 7.46. The second-order valence-electron chi connectivity index (χ2n) is 7.89. The van der Waals surface area contributed by atoms with Gasteiger partial charge in [0.05, 0.1) is 12.6 Å². The number of piperazine rings is 1. The summed E-state index contributed by atoms with van der Waals surface area (Å²) in [5, 5.41) is 9.08. The predicted octanol–water partition coefficient (Wildman–Crippen LogP) is 3.08. The van der Waals surface area contributed by atoms with Crippen molar-refractivity contribution >= 4 is 17.5 Å². The van der Waals surface area contributed by atoms with Crippen LogP contribution in [0, 0.1) is 0 Å². The lowest BCUT2D eigenvalue weighted by Gasteiger charge is -2.37. The molecule has 3 heterocycles. The fourth-order valence-corrected chi connectivity index (χ4v) is 4.23. The summed E-state index contributed by atoms with van der Waals surface area (Å²) < 4.78 is 5.91. The minimum atomic E-state index is 0.0374. The highest BCUT2D eigenvalue weighted by Gasteiger charge is 2.27. The Morgan fingerprint density at radius 2 is 1.86 bits per heavy atom. The topological polar surface area (TPSA) is 65.7 Å². The Morgan fingerprint density at radius 1 is 1.10 bits per heavy atom. The highest BCUT2D eigenvalue weighted by molar-refractivity contribution is 6.30. The van der Waals surface area contributed by atoms with Crippen LogP contribution in [0.25, 0.3) is 11.5 Å². The van der Waals surface area contributed by atoms with Gasteiger partial charge in [-0.25, -0.2) is 0 Å². The first-order valence-electron chi connectivity index (χ1n) is 10.4. The molecule has 2 saturated heterocycles. The van der Waals surface area contributed by atoms with E-state index in [0.717, 1.165) is 57.7 Å². The second kappa shape index (κ2) is 9.24. The molecular formula is C21H28ClN5O2. The Balaban J connectivity index is 1.30. The molecule has 1 amide bonds. The highest BCUT2D eigenvalue weighted by Crippen LogP contribution is 2.26. The van der Waals surface area contributed by atoms with E-state index in [9.17, 15) is 4.79 Å². The van der Waals surface area contributed by atoms with Crippen molar-refractivity contribution in [1.82, 2.24) is 24.9 Å². The van der Waals surface area contributed by atoms with Gasteiger partial charge in [0.15, 0.2) is 0 Å². The lowest BCUT2D eigenvalue weighted by atomic mass is 10.1. The summed E-state index contributed by atoms with van der Waals surface area (Å²) >= 11 is 6.06. The van der Waals surface area contributed by atoms with Crippen LogP contribution in [0.2, 0.25) is 5.02 Å². The number of hydrogen-bond donors (Lipinski definition) is 0. The van der Waals surface area contributed by atoms with Crippen molar-refractivity contribution in [2.24, 2.45) is 0 Å². The van der Waals surface area contributed by atoms with Gasteiger partial charge in [-0.15, -0.1) is 10.2 Å². The molecule has 2 aliphatic rings. The van der Waals surface area contributed by atoms with Gasteiger partial charge in [-0.3, -0.25) is 14.6 Å². The van der Waals surface area contributed by atoms with Crippen LogP contribution < -0.4 is 0 Å². The van der Waals surface area contributed by atoms with Crippen molar-refractivity contribution < 1.29 is 9.21 Å². The molecule has 0 bridgehead atoms. The van der Waals surface area contributed by atoms with E-state index in [1.54, 1.807) is 0 Å². The van der Waals surface area contributed by atoms with Crippen LogP contribution >= 0.6 is 11.6 Å². The molecule has 29 heavy (non-hydrogen) atoms. The fraction of sp³-hybridized carbons (Fsp3) is 0.571. The van der Waals surface area contributed by atoms with E-state index in [4.69, 9.17) is 16.0 Å². The van der Waals surface area contributed by atoms with Gasteiger partial charge in [-0.05, 0) is 44.4 Å². The average Bonchev–Trinajstić information content (AvgIpc) is 3.25. The van der Waals surface area contributed by atoms with E-state index >= 15 is 0 Å². The molecular weight excluding hydrogens is 390 g/mol. The summed E-state index contributed by atoms with van der Waals surface area (Å²) in [4.78, 5) is 19.1. The lowest BCUT2D eigenvalue weighted by molar-refractivity contribution is -0.133. The number of hydrogen-bond acceptors (Lipinski definition) is 6. The zero-order chi connectivity index (χ0) is 20.2. The zero-order valence-electron chi connectivity index (χ0n) is 16.9. The van der Waals surface area contributed by atoms with Crippen LogP contribution in [0.1, 0.15) is 38.1 Å². The quantitative estimate of drug-likeness (QED) is 0.744. The van der Waals surface area contributed by atoms with Gasteiger partial charge in [-0.2, -0.15) is 0 Å². The smallest absolute Gasteiger partial charge is 0.247 e. The Kier molecular flexibility index (Phi) is 6.47. The summed E-state index contributed by atoms with van der Waals surface area (Å²) in [7, 11) is 0. The number of aromatic nitrogens is 2. The molecule has 2 aliphatic heterocycles. The Labute approximate surface area is 176 Å². The number of carbonyl (C=O) groups is 1. The minimum Gasteiger partial charge on any atom is -0.419 e. The van der Waals surface area contributed by atoms with Gasteiger partial charge in [0.25, 0.3) is 0 Å². The maximum Gasteiger partial charge on any atom is 0.247 e. The second-order valence-corrected chi connectivity index (χ2v) is 8.32. The van der Waals surface area contributed by atoms with E-state index in [-0.39, 0.29) is 11.9 Å². The first-order chi connectivity index (χ1) is 14.1. The first-order valence-corrected chi connectivity index (χ1v) is 10.8. The molecule has 0 aliphatic carbocycles. The molecule has 2 aromatic rings. The van der Waals surface area contributed by atoms with Crippen LogP contribution in [0.15, 0.2) is 28.7 Å². The van der Waals surface area contributed by atoms with Crippen LogP contribution in [0.4, 0.5) is 0 Å². The van der Waals surface area contributed by atoms with E-state index in [1.807, 2.05) is 29.2 Å². The molecule has 1 aromatic heterocycles. The van der Waals surface area contributed by atoms with Gasteiger partial charge in [0.1, 0.15) is 0 Å². The fourth-order valence-electron chi connectivity index (χ4n) is 4.04. The van der Waals surface area contributed by atoms with Gasteiger partial charge >= 0.3 is 0 Å². The maximum atomic E-state index is 12.5. The number of halogens is 1. The Bertz CT molecular complexity index is 828. The molecule has 0 saturated carbocycles. The molecule has 0 radical (unpaired) electrons. The Morgan fingerprint density at radius 3 is 2.59 bits per heavy atom. The number of rotatable bonds is 5. The SMILES string of the molecule is CC(c1nnc(-c2cccc(Cl)c2)o1)N1CCN(CC(=O)N2CCCCC2)CC1. The highest BCUT2D eigenvalue weighted by atomic mass is 35.5. The molecule has 1 aromatic carbocycles. The summed E-state index contributed by atoms with van der Waals surface area (Å²) in [6.45, 7) is 7.96. The molecule has 0 N–H and O–H groups in total. The van der Waals surface area contributed by atoms with Crippen molar-refractivity contribution in [1.29, 1.82) is 0 Å². The third kappa shape index (κ3) is 4.97.